The quantitative estimate of drug-likeness (QED) is 0.693. The highest BCUT2D eigenvalue weighted by Crippen LogP contribution is 2.24. The van der Waals surface area contributed by atoms with Crippen LogP contribution < -0.4 is 15.8 Å². The molecule has 0 radical (unpaired) electrons. The van der Waals surface area contributed by atoms with E-state index in [1.54, 1.807) is 12.1 Å². The Morgan fingerprint density at radius 2 is 1.58 bits per heavy atom. The molecule has 0 aromatic heterocycles. The van der Waals surface area contributed by atoms with E-state index in [4.69, 9.17) is 17.4 Å². The average molecular weight is 392 g/mol. The Bertz CT molecular complexity index is 868. The number of sulfonamides is 1. The molecule has 0 fully saturated rings. The molecule has 140 valence electrons. The summed E-state index contributed by atoms with van der Waals surface area (Å²) in [6.07, 6.45) is 0. The molecule has 0 bridgehead atoms. The molecule has 26 heavy (non-hydrogen) atoms. The van der Waals surface area contributed by atoms with Crippen molar-refractivity contribution in [3.8, 4) is 0 Å². The lowest BCUT2D eigenvalue weighted by Gasteiger charge is -2.21. The zero-order chi connectivity index (χ0) is 19.5. The molecule has 0 aliphatic heterocycles. The summed E-state index contributed by atoms with van der Waals surface area (Å²) in [6, 6.07) is 14.6. The highest BCUT2D eigenvalue weighted by Gasteiger charge is 2.14. The van der Waals surface area contributed by atoms with Gasteiger partial charge in [-0.25, -0.2) is 13.6 Å². The first-order valence-corrected chi connectivity index (χ1v) is 10.2. The second-order valence-corrected chi connectivity index (χ2v) is 9.23. The molecule has 0 heterocycles. The number of benzene rings is 2. The van der Waals surface area contributed by atoms with Crippen LogP contribution in [-0.2, 0) is 15.4 Å². The van der Waals surface area contributed by atoms with E-state index in [-0.39, 0.29) is 16.4 Å². The number of nitrogens with one attached hydrogen (secondary N) is 2. The predicted molar refractivity (Wildman–Crippen MR) is 111 cm³/mol. The molecule has 2 aromatic rings. The second-order valence-electron chi connectivity index (χ2n) is 7.26. The molecule has 4 N–H and O–H groups in total. The van der Waals surface area contributed by atoms with E-state index in [1.807, 2.05) is 6.92 Å². The Hall–Kier alpha value is -1.96. The highest BCUT2D eigenvalue weighted by atomic mass is 32.2. The highest BCUT2D eigenvalue weighted by molar-refractivity contribution is 7.89. The van der Waals surface area contributed by atoms with E-state index in [1.165, 1.54) is 17.7 Å². The normalized spacial score (nSPS) is 13.1. The van der Waals surface area contributed by atoms with Crippen LogP contribution in [0.3, 0.4) is 0 Å². The summed E-state index contributed by atoms with van der Waals surface area (Å²) >= 11 is 5.34. The standard InChI is InChI=1S/C19H25N3O2S2/c1-13(14-5-7-15(8-6-14)19(2,3)4)21-18(25)22-16-9-11-17(12-10-16)26(20,23)24/h5-13H,1-4H3,(H2,20,23,24)(H2,21,22,25). The maximum atomic E-state index is 11.3. The first kappa shape index (κ1) is 20.4. The number of hydrogen-bond acceptors (Lipinski definition) is 3. The van der Waals surface area contributed by atoms with Gasteiger partial charge >= 0.3 is 0 Å². The van der Waals surface area contributed by atoms with Gasteiger partial charge in [-0.3, -0.25) is 0 Å². The van der Waals surface area contributed by atoms with Crippen molar-refractivity contribution < 1.29 is 8.42 Å². The van der Waals surface area contributed by atoms with Crippen molar-refractivity contribution in [3.63, 3.8) is 0 Å². The molecule has 0 saturated carbocycles. The third-order valence-electron chi connectivity index (χ3n) is 4.07. The van der Waals surface area contributed by atoms with E-state index in [2.05, 4.69) is 55.7 Å². The molecule has 1 atom stereocenters. The minimum Gasteiger partial charge on any atom is -0.356 e. The van der Waals surface area contributed by atoms with Gasteiger partial charge in [-0.05, 0) is 59.9 Å². The molecule has 0 amide bonds. The lowest BCUT2D eigenvalue weighted by molar-refractivity contribution is 0.589. The third kappa shape index (κ3) is 5.52. The molecular formula is C19H25N3O2S2. The fourth-order valence-corrected chi connectivity index (χ4v) is 3.26. The van der Waals surface area contributed by atoms with E-state index in [0.29, 0.717) is 10.8 Å². The first-order chi connectivity index (χ1) is 12.0. The van der Waals surface area contributed by atoms with Crippen LogP contribution in [0.2, 0.25) is 0 Å². The van der Waals surface area contributed by atoms with Gasteiger partial charge in [-0.15, -0.1) is 0 Å². The van der Waals surface area contributed by atoms with Crippen LogP contribution >= 0.6 is 12.2 Å². The predicted octanol–water partition coefficient (Wildman–Crippen LogP) is 3.68. The number of primary sulfonamides is 1. The average Bonchev–Trinajstić information content (AvgIpc) is 2.53. The number of anilines is 1. The second kappa shape index (κ2) is 7.73. The molecule has 7 heteroatoms. The van der Waals surface area contributed by atoms with Crippen LogP contribution in [0, 0.1) is 0 Å². The largest absolute Gasteiger partial charge is 0.356 e. The van der Waals surface area contributed by atoms with Gasteiger partial charge < -0.3 is 10.6 Å². The number of rotatable bonds is 4. The van der Waals surface area contributed by atoms with E-state index < -0.39 is 10.0 Å². The summed E-state index contributed by atoms with van der Waals surface area (Å²) in [4.78, 5) is 0.0641. The maximum Gasteiger partial charge on any atom is 0.238 e. The van der Waals surface area contributed by atoms with Crippen LogP contribution in [0.1, 0.15) is 44.9 Å². The van der Waals surface area contributed by atoms with Gasteiger partial charge in [0, 0.05) is 5.69 Å². The molecule has 2 rings (SSSR count). The van der Waals surface area contributed by atoms with E-state index in [0.717, 1.165) is 5.56 Å². The summed E-state index contributed by atoms with van der Waals surface area (Å²) in [5.74, 6) is 0. The number of thiocarbonyl (C=S) groups is 1. The lowest BCUT2D eigenvalue weighted by atomic mass is 9.86. The monoisotopic (exact) mass is 391 g/mol. The Morgan fingerprint density at radius 3 is 2.04 bits per heavy atom. The minimum atomic E-state index is -3.69. The molecule has 0 saturated heterocycles. The zero-order valence-electron chi connectivity index (χ0n) is 15.4. The van der Waals surface area contributed by atoms with Crippen molar-refractivity contribution in [1.82, 2.24) is 5.32 Å². The van der Waals surface area contributed by atoms with Gasteiger partial charge in [0.25, 0.3) is 0 Å². The summed E-state index contributed by atoms with van der Waals surface area (Å²) in [5.41, 5.74) is 3.22. The SMILES string of the molecule is CC(NC(=S)Nc1ccc(S(N)(=O)=O)cc1)c1ccc(C(C)(C)C)cc1. The molecule has 1 unspecified atom stereocenters. The van der Waals surface area contributed by atoms with Crippen molar-refractivity contribution >= 4 is 33.0 Å². The van der Waals surface area contributed by atoms with Crippen LogP contribution in [0.25, 0.3) is 0 Å². The summed E-state index contributed by atoms with van der Waals surface area (Å²) in [7, 11) is -3.69. The molecule has 0 spiro atoms. The fourth-order valence-electron chi connectivity index (χ4n) is 2.45. The van der Waals surface area contributed by atoms with Crippen molar-refractivity contribution in [2.24, 2.45) is 5.14 Å². The van der Waals surface area contributed by atoms with Gasteiger partial charge in [0.15, 0.2) is 5.11 Å². The summed E-state index contributed by atoms with van der Waals surface area (Å²) < 4.78 is 22.5. The Labute approximate surface area is 161 Å². The molecule has 2 aromatic carbocycles. The summed E-state index contributed by atoms with van der Waals surface area (Å²) in [5, 5.41) is 11.8. The topological polar surface area (TPSA) is 84.2 Å². The smallest absolute Gasteiger partial charge is 0.238 e. The van der Waals surface area contributed by atoms with Crippen LogP contribution in [0.5, 0.6) is 0 Å². The van der Waals surface area contributed by atoms with Crippen molar-refractivity contribution in [2.75, 3.05) is 5.32 Å². The molecule has 5 nitrogen and oxygen atoms in total. The first-order valence-electron chi connectivity index (χ1n) is 8.27. The van der Waals surface area contributed by atoms with E-state index >= 15 is 0 Å². The maximum absolute atomic E-state index is 11.3. The Kier molecular flexibility index (Phi) is 6.05. The van der Waals surface area contributed by atoms with Gasteiger partial charge in [-0.2, -0.15) is 0 Å². The van der Waals surface area contributed by atoms with Crippen LogP contribution in [0.15, 0.2) is 53.4 Å². The lowest BCUT2D eigenvalue weighted by Crippen LogP contribution is -2.31. The Balaban J connectivity index is 1.99. The summed E-state index contributed by atoms with van der Waals surface area (Å²) in [6.45, 7) is 8.59. The van der Waals surface area contributed by atoms with Gasteiger partial charge in [0.2, 0.25) is 10.0 Å². The Morgan fingerprint density at radius 1 is 1.04 bits per heavy atom. The van der Waals surface area contributed by atoms with Crippen molar-refractivity contribution in [3.05, 3.63) is 59.7 Å². The zero-order valence-corrected chi connectivity index (χ0v) is 17.0. The van der Waals surface area contributed by atoms with Gasteiger partial charge in [0.1, 0.15) is 0 Å². The minimum absolute atomic E-state index is 0.0349. The third-order valence-corrected chi connectivity index (χ3v) is 5.21. The molecule has 0 aliphatic rings. The molecular weight excluding hydrogens is 366 g/mol. The van der Waals surface area contributed by atoms with E-state index in [9.17, 15) is 8.42 Å². The van der Waals surface area contributed by atoms with Crippen molar-refractivity contribution in [2.45, 2.75) is 44.0 Å². The van der Waals surface area contributed by atoms with Gasteiger partial charge in [0.05, 0.1) is 10.9 Å². The molecule has 0 aliphatic carbocycles. The van der Waals surface area contributed by atoms with Crippen LogP contribution in [-0.4, -0.2) is 13.5 Å². The van der Waals surface area contributed by atoms with Crippen LogP contribution in [0.4, 0.5) is 5.69 Å². The number of hydrogen-bond donors (Lipinski definition) is 3. The fraction of sp³-hybridized carbons (Fsp3) is 0.316. The number of nitrogens with two attached hydrogens (primary N) is 1. The van der Waals surface area contributed by atoms with Gasteiger partial charge in [-0.1, -0.05) is 45.0 Å². The van der Waals surface area contributed by atoms with Crippen molar-refractivity contribution in [1.29, 1.82) is 0 Å².